The minimum atomic E-state index is -4.59. The predicted molar refractivity (Wildman–Crippen MR) is 64.7 cm³/mol. The molecule has 0 spiro atoms. The van der Waals surface area contributed by atoms with E-state index in [4.69, 9.17) is 12.2 Å². The van der Waals surface area contributed by atoms with Gasteiger partial charge in [-0.15, -0.1) is 12.3 Å². The van der Waals surface area contributed by atoms with Crippen LogP contribution >= 0.6 is 0 Å². The molecule has 0 saturated carbocycles. The summed E-state index contributed by atoms with van der Waals surface area (Å²) in [5.41, 5.74) is 4.61. The molecule has 0 bridgehead atoms. The van der Waals surface area contributed by atoms with Gasteiger partial charge in [-0.05, 0) is 23.8 Å². The van der Waals surface area contributed by atoms with Crippen LogP contribution in [0, 0.1) is 18.2 Å². The topological polar surface area (TPSA) is 38.0 Å². The molecule has 0 aliphatic carbocycles. The minimum absolute atomic E-state index is 0.0469. The molecule has 104 valence electrons. The molecule has 0 heterocycles. The summed E-state index contributed by atoms with van der Waals surface area (Å²) in [4.78, 5) is 0. The lowest BCUT2D eigenvalue weighted by Gasteiger charge is -2.18. The number of terminal acetylenes is 1. The van der Waals surface area contributed by atoms with E-state index in [1.807, 2.05) is 0 Å². The van der Waals surface area contributed by atoms with Crippen LogP contribution in [0.2, 0.25) is 0 Å². The first-order valence-corrected chi connectivity index (χ1v) is 5.63. The number of rotatable bonds is 5. The maximum atomic E-state index is 13.2. The maximum Gasteiger partial charge on any atom is 0.416 e. The van der Waals surface area contributed by atoms with Crippen molar-refractivity contribution in [3.05, 3.63) is 35.1 Å². The Bertz CT molecular complexity index is 463. The summed E-state index contributed by atoms with van der Waals surface area (Å²) >= 11 is 0. The van der Waals surface area contributed by atoms with Crippen molar-refractivity contribution < 1.29 is 17.6 Å². The molecule has 1 unspecified atom stereocenters. The summed E-state index contributed by atoms with van der Waals surface area (Å²) in [6, 6.07) is 1.82. The lowest BCUT2D eigenvalue weighted by atomic mass is 10.0. The third kappa shape index (κ3) is 4.54. The van der Waals surface area contributed by atoms with Crippen molar-refractivity contribution in [1.82, 2.24) is 5.32 Å². The van der Waals surface area contributed by atoms with Gasteiger partial charge in [0.1, 0.15) is 5.82 Å². The van der Waals surface area contributed by atoms with Crippen LogP contribution < -0.4 is 11.1 Å². The summed E-state index contributed by atoms with van der Waals surface area (Å²) in [6.07, 6.45) is 0.896. The minimum Gasteiger partial charge on any atom is -0.329 e. The largest absolute Gasteiger partial charge is 0.416 e. The maximum absolute atomic E-state index is 13.2. The molecule has 2 nitrogen and oxygen atoms in total. The van der Waals surface area contributed by atoms with Crippen molar-refractivity contribution in [3.8, 4) is 12.3 Å². The van der Waals surface area contributed by atoms with E-state index >= 15 is 0 Å². The molecular formula is C13H14F4N2. The summed E-state index contributed by atoms with van der Waals surface area (Å²) in [6.45, 7) is 0.446. The van der Waals surface area contributed by atoms with Gasteiger partial charge in [0, 0.05) is 25.6 Å². The Kier molecular flexibility index (Phi) is 5.33. The van der Waals surface area contributed by atoms with E-state index in [0.717, 1.165) is 12.1 Å². The van der Waals surface area contributed by atoms with Crippen LogP contribution in [0.4, 0.5) is 17.6 Å². The van der Waals surface area contributed by atoms with Gasteiger partial charge in [-0.25, -0.2) is 4.39 Å². The SMILES string of the molecule is C#CCCNC(CN)c1cc(F)cc(C(F)(F)F)c1. The smallest absolute Gasteiger partial charge is 0.329 e. The van der Waals surface area contributed by atoms with E-state index in [2.05, 4.69) is 11.2 Å². The molecule has 1 aromatic rings. The first kappa shape index (κ1) is 15.5. The normalized spacial score (nSPS) is 13.1. The van der Waals surface area contributed by atoms with Gasteiger partial charge in [0.2, 0.25) is 0 Å². The zero-order valence-electron chi connectivity index (χ0n) is 10.1. The van der Waals surface area contributed by atoms with Crippen LogP contribution in [-0.4, -0.2) is 13.1 Å². The van der Waals surface area contributed by atoms with Gasteiger partial charge in [0.15, 0.2) is 0 Å². The third-order valence-corrected chi connectivity index (χ3v) is 2.55. The van der Waals surface area contributed by atoms with Gasteiger partial charge in [0.25, 0.3) is 0 Å². The Labute approximate surface area is 109 Å². The molecule has 0 amide bonds. The predicted octanol–water partition coefficient (Wildman–Crippen LogP) is 2.46. The van der Waals surface area contributed by atoms with Crippen molar-refractivity contribution >= 4 is 0 Å². The fraction of sp³-hybridized carbons (Fsp3) is 0.385. The van der Waals surface area contributed by atoms with E-state index in [0.29, 0.717) is 19.0 Å². The number of hydrogen-bond donors (Lipinski definition) is 2. The van der Waals surface area contributed by atoms with Gasteiger partial charge < -0.3 is 11.1 Å². The van der Waals surface area contributed by atoms with Crippen molar-refractivity contribution in [2.75, 3.05) is 13.1 Å². The summed E-state index contributed by atoms with van der Waals surface area (Å²) < 4.78 is 51.0. The number of alkyl halides is 3. The van der Waals surface area contributed by atoms with E-state index in [1.54, 1.807) is 0 Å². The molecule has 0 saturated heterocycles. The second-order valence-electron chi connectivity index (χ2n) is 3.97. The Morgan fingerprint density at radius 3 is 2.53 bits per heavy atom. The molecule has 1 aromatic carbocycles. The number of nitrogens with one attached hydrogen (secondary N) is 1. The molecule has 1 atom stereocenters. The van der Waals surface area contributed by atoms with E-state index < -0.39 is 23.6 Å². The average Bonchev–Trinajstić information content (AvgIpc) is 2.33. The van der Waals surface area contributed by atoms with Crippen LogP contribution in [0.3, 0.4) is 0 Å². The second-order valence-corrected chi connectivity index (χ2v) is 3.97. The highest BCUT2D eigenvalue weighted by molar-refractivity contribution is 5.29. The van der Waals surface area contributed by atoms with Crippen LogP contribution in [0.5, 0.6) is 0 Å². The molecule has 0 fully saturated rings. The number of halogens is 4. The standard InChI is InChI=1S/C13H14F4N2/c1-2-3-4-19-12(8-18)9-5-10(13(15,16)17)7-11(14)6-9/h1,5-7,12,19H,3-4,8,18H2. The zero-order valence-corrected chi connectivity index (χ0v) is 10.1. The molecule has 3 N–H and O–H groups in total. The van der Waals surface area contributed by atoms with Crippen LogP contribution in [0.25, 0.3) is 0 Å². The van der Waals surface area contributed by atoms with Gasteiger partial charge in [-0.3, -0.25) is 0 Å². The van der Waals surface area contributed by atoms with Crippen molar-refractivity contribution in [2.45, 2.75) is 18.6 Å². The fourth-order valence-electron chi connectivity index (χ4n) is 1.63. The van der Waals surface area contributed by atoms with Gasteiger partial charge >= 0.3 is 6.18 Å². The van der Waals surface area contributed by atoms with Crippen molar-refractivity contribution in [3.63, 3.8) is 0 Å². The summed E-state index contributed by atoms with van der Waals surface area (Å²) in [5.74, 6) is 1.45. The molecule has 0 aromatic heterocycles. The fourth-order valence-corrected chi connectivity index (χ4v) is 1.63. The summed E-state index contributed by atoms with van der Waals surface area (Å²) in [7, 11) is 0. The highest BCUT2D eigenvalue weighted by Crippen LogP contribution is 2.31. The Balaban J connectivity index is 2.98. The molecule has 6 heteroatoms. The first-order chi connectivity index (χ1) is 8.88. The quantitative estimate of drug-likeness (QED) is 0.492. The Morgan fingerprint density at radius 2 is 2.00 bits per heavy atom. The number of hydrogen-bond acceptors (Lipinski definition) is 2. The lowest BCUT2D eigenvalue weighted by Crippen LogP contribution is -2.29. The van der Waals surface area contributed by atoms with Crippen LogP contribution in [0.1, 0.15) is 23.6 Å². The molecular weight excluding hydrogens is 260 g/mol. The second kappa shape index (κ2) is 6.55. The highest BCUT2D eigenvalue weighted by Gasteiger charge is 2.31. The molecule has 0 aliphatic heterocycles. The lowest BCUT2D eigenvalue weighted by molar-refractivity contribution is -0.137. The monoisotopic (exact) mass is 274 g/mol. The third-order valence-electron chi connectivity index (χ3n) is 2.55. The highest BCUT2D eigenvalue weighted by atomic mass is 19.4. The molecule has 1 rings (SSSR count). The van der Waals surface area contributed by atoms with Gasteiger partial charge in [-0.1, -0.05) is 0 Å². The van der Waals surface area contributed by atoms with Gasteiger partial charge in [-0.2, -0.15) is 13.2 Å². The Hall–Kier alpha value is -1.58. The van der Waals surface area contributed by atoms with Crippen LogP contribution in [0.15, 0.2) is 18.2 Å². The van der Waals surface area contributed by atoms with E-state index in [9.17, 15) is 17.6 Å². The van der Waals surface area contributed by atoms with Crippen molar-refractivity contribution in [2.24, 2.45) is 5.73 Å². The van der Waals surface area contributed by atoms with E-state index in [-0.39, 0.29) is 12.1 Å². The zero-order chi connectivity index (χ0) is 14.5. The van der Waals surface area contributed by atoms with Crippen LogP contribution in [-0.2, 0) is 6.18 Å². The molecule has 19 heavy (non-hydrogen) atoms. The molecule has 0 radical (unpaired) electrons. The van der Waals surface area contributed by atoms with Crippen molar-refractivity contribution in [1.29, 1.82) is 0 Å². The van der Waals surface area contributed by atoms with E-state index in [1.165, 1.54) is 0 Å². The van der Waals surface area contributed by atoms with Gasteiger partial charge in [0.05, 0.1) is 5.56 Å². The molecule has 0 aliphatic rings. The first-order valence-electron chi connectivity index (χ1n) is 5.63. The number of benzene rings is 1. The summed E-state index contributed by atoms with van der Waals surface area (Å²) in [5, 5.41) is 2.89. The Morgan fingerprint density at radius 1 is 1.32 bits per heavy atom. The number of nitrogens with two attached hydrogens (primary N) is 1. The average molecular weight is 274 g/mol.